The van der Waals surface area contributed by atoms with Gasteiger partial charge in [-0.05, 0) is 50.3 Å². The summed E-state index contributed by atoms with van der Waals surface area (Å²) in [6.07, 6.45) is 4.22. The van der Waals surface area contributed by atoms with Crippen molar-refractivity contribution in [1.29, 1.82) is 0 Å². The molecule has 2 heterocycles. The number of fused-ring (bicyclic) bond motifs is 1. The van der Waals surface area contributed by atoms with Crippen LogP contribution in [-0.4, -0.2) is 23.1 Å². The van der Waals surface area contributed by atoms with Crippen LogP contribution in [0.25, 0.3) is 11.0 Å². The van der Waals surface area contributed by atoms with Gasteiger partial charge in [0.15, 0.2) is 4.77 Å². The highest BCUT2D eigenvalue weighted by molar-refractivity contribution is 7.71. The fourth-order valence-electron chi connectivity index (χ4n) is 1.78. The summed E-state index contributed by atoms with van der Waals surface area (Å²) in [4.78, 5) is 6.04. The van der Waals surface area contributed by atoms with E-state index in [0.29, 0.717) is 4.77 Å². The number of nitrogens with one attached hydrogen (secondary N) is 3. The summed E-state index contributed by atoms with van der Waals surface area (Å²) < 4.78 is 0.682. The van der Waals surface area contributed by atoms with Gasteiger partial charge in [0.2, 0.25) is 0 Å². The van der Waals surface area contributed by atoms with E-state index < -0.39 is 0 Å². The molecule has 1 aliphatic heterocycles. The van der Waals surface area contributed by atoms with Crippen LogP contribution >= 0.6 is 12.2 Å². The Bertz CT molecular complexity index is 434. The van der Waals surface area contributed by atoms with Crippen LogP contribution in [0.3, 0.4) is 0 Å². The van der Waals surface area contributed by atoms with Gasteiger partial charge < -0.3 is 15.3 Å². The molecule has 16 heavy (non-hydrogen) atoms. The van der Waals surface area contributed by atoms with Gasteiger partial charge in [0, 0.05) is 0 Å². The van der Waals surface area contributed by atoms with Crippen LogP contribution in [0.1, 0.15) is 19.3 Å². The number of aromatic nitrogens is 2. The minimum atomic E-state index is 0.682. The largest absolute Gasteiger partial charge is 0.331 e. The zero-order valence-electron chi connectivity index (χ0n) is 9.25. The maximum atomic E-state index is 4.90. The van der Waals surface area contributed by atoms with Crippen LogP contribution < -0.4 is 5.32 Å². The fraction of sp³-hybridized carbons (Fsp3) is 0.417. The first kappa shape index (κ1) is 11.4. The topological polar surface area (TPSA) is 43.6 Å². The van der Waals surface area contributed by atoms with Crippen LogP contribution in [0, 0.1) is 4.77 Å². The van der Waals surface area contributed by atoms with Gasteiger partial charge in [-0.2, -0.15) is 0 Å². The average Bonchev–Trinajstić information content (AvgIpc) is 2.72. The molecule has 2 aromatic rings. The lowest BCUT2D eigenvalue weighted by molar-refractivity contribution is 0.520. The molecular formula is C12H17N3S. The Morgan fingerprint density at radius 1 is 0.875 bits per heavy atom. The van der Waals surface area contributed by atoms with Crippen LogP contribution in [0.5, 0.6) is 0 Å². The van der Waals surface area contributed by atoms with Crippen molar-refractivity contribution in [3.63, 3.8) is 0 Å². The standard InChI is InChI=1S/C7H6N2S.C5H11N/c10-7-8-5-3-1-2-4-6(5)9-7;1-2-4-6-5-3-1/h1-4H,(H2,8,9,10);6H,1-5H2. The minimum Gasteiger partial charge on any atom is -0.331 e. The van der Waals surface area contributed by atoms with Crippen molar-refractivity contribution in [1.82, 2.24) is 15.3 Å². The SMILES string of the molecule is C1CCNCC1.S=c1[nH]c2ccccc2[nH]1. The molecule has 1 aromatic heterocycles. The number of benzene rings is 1. The Labute approximate surface area is 100 Å². The highest BCUT2D eigenvalue weighted by atomic mass is 32.1. The van der Waals surface area contributed by atoms with E-state index in [4.69, 9.17) is 12.2 Å². The Balaban J connectivity index is 0.000000138. The van der Waals surface area contributed by atoms with Gasteiger partial charge in [0.25, 0.3) is 0 Å². The fourth-order valence-corrected chi connectivity index (χ4v) is 2.00. The van der Waals surface area contributed by atoms with E-state index in [1.807, 2.05) is 24.3 Å². The molecule has 0 atom stereocenters. The number of para-hydroxylation sites is 2. The van der Waals surface area contributed by atoms with Crippen molar-refractivity contribution >= 4 is 23.3 Å². The molecule has 0 spiro atoms. The number of piperidine rings is 1. The first-order valence-electron chi connectivity index (χ1n) is 5.74. The molecule has 86 valence electrons. The lowest BCUT2D eigenvalue weighted by atomic mass is 10.2. The zero-order chi connectivity index (χ0) is 11.2. The summed E-state index contributed by atoms with van der Waals surface area (Å²) in [6.45, 7) is 2.50. The zero-order valence-corrected chi connectivity index (χ0v) is 10.1. The molecule has 1 aliphatic rings. The smallest absolute Gasteiger partial charge is 0.175 e. The molecule has 0 amide bonds. The van der Waals surface area contributed by atoms with Gasteiger partial charge in [-0.1, -0.05) is 18.6 Å². The van der Waals surface area contributed by atoms with Gasteiger partial charge >= 0.3 is 0 Å². The second kappa shape index (κ2) is 5.82. The average molecular weight is 235 g/mol. The Kier molecular flexibility index (Phi) is 4.13. The predicted molar refractivity (Wildman–Crippen MR) is 70.2 cm³/mol. The lowest BCUT2D eigenvalue weighted by Gasteiger charge is -2.08. The third-order valence-electron chi connectivity index (χ3n) is 2.63. The molecule has 4 heteroatoms. The van der Waals surface area contributed by atoms with Crippen molar-refractivity contribution in [2.45, 2.75) is 19.3 Å². The Hall–Kier alpha value is -1.13. The monoisotopic (exact) mass is 235 g/mol. The summed E-state index contributed by atoms with van der Waals surface area (Å²) in [7, 11) is 0. The number of hydrogen-bond acceptors (Lipinski definition) is 2. The molecule has 1 fully saturated rings. The van der Waals surface area contributed by atoms with Gasteiger partial charge in [0.1, 0.15) is 0 Å². The van der Waals surface area contributed by atoms with Crippen molar-refractivity contribution in [3.05, 3.63) is 29.0 Å². The molecule has 1 saturated heterocycles. The molecule has 3 N–H and O–H groups in total. The van der Waals surface area contributed by atoms with E-state index in [1.165, 1.54) is 32.4 Å². The maximum absolute atomic E-state index is 4.90. The first-order valence-corrected chi connectivity index (χ1v) is 6.15. The maximum Gasteiger partial charge on any atom is 0.175 e. The number of aromatic amines is 2. The molecule has 3 rings (SSSR count). The van der Waals surface area contributed by atoms with Gasteiger partial charge in [0.05, 0.1) is 11.0 Å². The van der Waals surface area contributed by atoms with Crippen LogP contribution in [0.15, 0.2) is 24.3 Å². The molecule has 3 nitrogen and oxygen atoms in total. The van der Waals surface area contributed by atoms with Gasteiger partial charge in [-0.3, -0.25) is 0 Å². The summed E-state index contributed by atoms with van der Waals surface area (Å²) in [6, 6.07) is 7.92. The molecule has 0 unspecified atom stereocenters. The van der Waals surface area contributed by atoms with E-state index in [1.54, 1.807) is 0 Å². The second-order valence-corrected chi connectivity index (χ2v) is 4.34. The molecule has 0 aliphatic carbocycles. The van der Waals surface area contributed by atoms with E-state index in [0.717, 1.165) is 11.0 Å². The van der Waals surface area contributed by atoms with Crippen LogP contribution in [0.2, 0.25) is 0 Å². The van der Waals surface area contributed by atoms with E-state index in [9.17, 15) is 0 Å². The normalized spacial score (nSPS) is 15.5. The van der Waals surface area contributed by atoms with E-state index in [2.05, 4.69) is 15.3 Å². The molecule has 0 bridgehead atoms. The number of H-pyrrole nitrogens is 2. The Morgan fingerprint density at radius 3 is 1.81 bits per heavy atom. The van der Waals surface area contributed by atoms with Gasteiger partial charge in [-0.25, -0.2) is 0 Å². The van der Waals surface area contributed by atoms with Crippen LogP contribution in [-0.2, 0) is 0 Å². The quantitative estimate of drug-likeness (QED) is 0.615. The van der Waals surface area contributed by atoms with Crippen molar-refractivity contribution in [3.8, 4) is 0 Å². The highest BCUT2D eigenvalue weighted by Crippen LogP contribution is 2.06. The van der Waals surface area contributed by atoms with Crippen LogP contribution in [0.4, 0.5) is 0 Å². The summed E-state index contributed by atoms with van der Waals surface area (Å²) >= 11 is 4.90. The lowest BCUT2D eigenvalue weighted by Crippen LogP contribution is -2.21. The predicted octanol–water partition coefficient (Wildman–Crippen LogP) is 2.99. The third-order valence-corrected chi connectivity index (χ3v) is 2.83. The molecule has 0 radical (unpaired) electrons. The minimum absolute atomic E-state index is 0.682. The summed E-state index contributed by atoms with van der Waals surface area (Å²) in [5, 5.41) is 3.28. The van der Waals surface area contributed by atoms with Crippen molar-refractivity contribution in [2.24, 2.45) is 0 Å². The number of imidazole rings is 1. The van der Waals surface area contributed by atoms with E-state index in [-0.39, 0.29) is 0 Å². The highest BCUT2D eigenvalue weighted by Gasteiger charge is 1.93. The Morgan fingerprint density at radius 2 is 1.44 bits per heavy atom. The number of rotatable bonds is 0. The molecular weight excluding hydrogens is 218 g/mol. The summed E-state index contributed by atoms with van der Waals surface area (Å²) in [5.41, 5.74) is 2.13. The van der Waals surface area contributed by atoms with Gasteiger partial charge in [-0.15, -0.1) is 0 Å². The molecule has 0 saturated carbocycles. The third kappa shape index (κ3) is 3.18. The molecule has 1 aromatic carbocycles. The van der Waals surface area contributed by atoms with Crippen molar-refractivity contribution in [2.75, 3.05) is 13.1 Å². The second-order valence-electron chi connectivity index (χ2n) is 3.94. The number of hydrogen-bond donors (Lipinski definition) is 3. The summed E-state index contributed by atoms with van der Waals surface area (Å²) in [5.74, 6) is 0. The first-order chi connectivity index (χ1) is 7.86. The van der Waals surface area contributed by atoms with Crippen molar-refractivity contribution < 1.29 is 0 Å². The van der Waals surface area contributed by atoms with E-state index >= 15 is 0 Å².